The van der Waals surface area contributed by atoms with Gasteiger partial charge in [0.15, 0.2) is 0 Å². The van der Waals surface area contributed by atoms with Crippen LogP contribution in [-0.2, 0) is 19.1 Å². The first-order chi connectivity index (χ1) is 17.0. The summed E-state index contributed by atoms with van der Waals surface area (Å²) < 4.78 is 10.9. The summed E-state index contributed by atoms with van der Waals surface area (Å²) in [6.45, 7) is 0.315. The Morgan fingerprint density at radius 2 is 1.71 bits per heavy atom. The largest absolute Gasteiger partial charge is 0.481 e. The standard InChI is InChI=1S/C27H30N2O6/c1-34-19(14-25(30)29-18-8-6-7-17(13-18)26(31)32)15-28-27(33)35-16-24-22-11-4-2-9-20(22)21-10-3-5-12-23(21)24/h2-6,8-12,17-19,24H,7,13-16H2,1H3,(H,28,33)(H,29,30)(H,31,32)/t17-,18-,19?/m0/s1. The summed E-state index contributed by atoms with van der Waals surface area (Å²) in [4.78, 5) is 36.0. The van der Waals surface area contributed by atoms with Crippen LogP contribution in [0, 0.1) is 5.92 Å². The summed E-state index contributed by atoms with van der Waals surface area (Å²) in [6, 6.07) is 15.9. The molecule has 0 saturated carbocycles. The van der Waals surface area contributed by atoms with E-state index < -0.39 is 24.1 Å². The maximum atomic E-state index is 12.4. The number of hydrogen-bond acceptors (Lipinski definition) is 5. The van der Waals surface area contributed by atoms with Crippen molar-refractivity contribution in [2.24, 2.45) is 5.92 Å². The van der Waals surface area contributed by atoms with E-state index in [-0.39, 0.29) is 37.4 Å². The lowest BCUT2D eigenvalue weighted by atomic mass is 9.91. The number of carbonyl (C=O) groups excluding carboxylic acids is 2. The van der Waals surface area contributed by atoms with Gasteiger partial charge in [-0.15, -0.1) is 0 Å². The van der Waals surface area contributed by atoms with Crippen molar-refractivity contribution < 1.29 is 29.0 Å². The Morgan fingerprint density at radius 3 is 2.34 bits per heavy atom. The fourth-order valence-corrected chi connectivity index (χ4v) is 4.76. The highest BCUT2D eigenvalue weighted by Crippen LogP contribution is 2.44. The van der Waals surface area contributed by atoms with Crippen molar-refractivity contribution in [2.45, 2.75) is 37.3 Å². The Balaban J connectivity index is 1.24. The van der Waals surface area contributed by atoms with E-state index in [9.17, 15) is 19.5 Å². The fourth-order valence-electron chi connectivity index (χ4n) is 4.76. The fraction of sp³-hybridized carbons (Fsp3) is 0.370. The minimum Gasteiger partial charge on any atom is -0.481 e. The highest BCUT2D eigenvalue weighted by molar-refractivity contribution is 5.79. The number of methoxy groups -OCH3 is 1. The van der Waals surface area contributed by atoms with Crippen molar-refractivity contribution in [3.05, 3.63) is 71.8 Å². The van der Waals surface area contributed by atoms with E-state index in [2.05, 4.69) is 34.9 Å². The molecule has 35 heavy (non-hydrogen) atoms. The third kappa shape index (κ3) is 5.89. The smallest absolute Gasteiger partial charge is 0.407 e. The number of carboxylic acids is 1. The Hall–Kier alpha value is -3.65. The van der Waals surface area contributed by atoms with Gasteiger partial charge in [0.1, 0.15) is 6.61 Å². The van der Waals surface area contributed by atoms with Gasteiger partial charge in [-0.1, -0.05) is 60.7 Å². The van der Waals surface area contributed by atoms with Gasteiger partial charge in [-0.25, -0.2) is 4.79 Å². The number of amides is 2. The van der Waals surface area contributed by atoms with Crippen LogP contribution in [0.15, 0.2) is 60.7 Å². The van der Waals surface area contributed by atoms with Crippen LogP contribution >= 0.6 is 0 Å². The van der Waals surface area contributed by atoms with Crippen LogP contribution in [0.1, 0.15) is 36.3 Å². The monoisotopic (exact) mass is 478 g/mol. The lowest BCUT2D eigenvalue weighted by Gasteiger charge is -2.24. The molecular formula is C27H30N2O6. The maximum absolute atomic E-state index is 12.4. The van der Waals surface area contributed by atoms with Gasteiger partial charge in [0.05, 0.1) is 18.4 Å². The van der Waals surface area contributed by atoms with Crippen molar-refractivity contribution in [1.82, 2.24) is 10.6 Å². The molecule has 0 bridgehead atoms. The highest BCUT2D eigenvalue weighted by atomic mass is 16.5. The molecule has 2 aliphatic carbocycles. The number of rotatable bonds is 9. The minimum absolute atomic E-state index is 0.0300. The van der Waals surface area contributed by atoms with Gasteiger partial charge in [0.25, 0.3) is 0 Å². The highest BCUT2D eigenvalue weighted by Gasteiger charge is 2.29. The molecule has 8 nitrogen and oxygen atoms in total. The predicted molar refractivity (Wildman–Crippen MR) is 130 cm³/mol. The predicted octanol–water partition coefficient (Wildman–Crippen LogP) is 3.47. The molecule has 8 heteroatoms. The summed E-state index contributed by atoms with van der Waals surface area (Å²) in [6.07, 6.45) is 3.32. The third-order valence-electron chi connectivity index (χ3n) is 6.59. The van der Waals surface area contributed by atoms with Gasteiger partial charge in [0.2, 0.25) is 5.91 Å². The molecule has 3 atom stereocenters. The van der Waals surface area contributed by atoms with Crippen molar-refractivity contribution in [3.8, 4) is 11.1 Å². The second-order valence-electron chi connectivity index (χ2n) is 8.88. The van der Waals surface area contributed by atoms with Crippen LogP contribution in [0.3, 0.4) is 0 Å². The molecule has 1 unspecified atom stereocenters. The van der Waals surface area contributed by atoms with Gasteiger partial charge in [-0.3, -0.25) is 9.59 Å². The number of alkyl carbamates (subject to hydrolysis) is 1. The van der Waals surface area contributed by atoms with E-state index in [0.29, 0.717) is 12.8 Å². The zero-order valence-corrected chi connectivity index (χ0v) is 19.6. The number of benzene rings is 2. The SMILES string of the molecule is COC(CNC(=O)OCC1c2ccccc2-c2ccccc21)CC(=O)N[C@H]1C=CC[C@H](C(=O)O)C1. The summed E-state index contributed by atoms with van der Waals surface area (Å²) >= 11 is 0. The van der Waals surface area contributed by atoms with Crippen LogP contribution in [0.2, 0.25) is 0 Å². The molecule has 4 rings (SSSR count). The van der Waals surface area contributed by atoms with Crippen molar-refractivity contribution in [3.63, 3.8) is 0 Å². The zero-order chi connectivity index (χ0) is 24.8. The summed E-state index contributed by atoms with van der Waals surface area (Å²) in [7, 11) is 1.47. The normalized spacial score (nSPS) is 19.3. The van der Waals surface area contributed by atoms with E-state index in [1.54, 1.807) is 6.08 Å². The van der Waals surface area contributed by atoms with Gasteiger partial charge in [-0.2, -0.15) is 0 Å². The molecule has 2 aromatic rings. The molecule has 0 saturated heterocycles. The number of nitrogens with one attached hydrogen (secondary N) is 2. The molecule has 0 heterocycles. The van der Waals surface area contributed by atoms with E-state index >= 15 is 0 Å². The zero-order valence-electron chi connectivity index (χ0n) is 19.6. The summed E-state index contributed by atoms with van der Waals surface area (Å²) in [5.74, 6) is -1.67. The van der Waals surface area contributed by atoms with Crippen LogP contribution in [-0.4, -0.2) is 55.5 Å². The molecule has 0 radical (unpaired) electrons. The van der Waals surface area contributed by atoms with Crippen molar-refractivity contribution >= 4 is 18.0 Å². The number of aliphatic carboxylic acids is 1. The molecule has 2 amide bonds. The second-order valence-corrected chi connectivity index (χ2v) is 8.88. The Labute approximate surface area is 204 Å². The van der Waals surface area contributed by atoms with E-state index in [1.807, 2.05) is 30.3 Å². The quantitative estimate of drug-likeness (QED) is 0.476. The number of allylic oxidation sites excluding steroid dienone is 1. The summed E-state index contributed by atoms with van der Waals surface area (Å²) in [5, 5.41) is 14.7. The van der Waals surface area contributed by atoms with Gasteiger partial charge in [-0.05, 0) is 35.1 Å². The Bertz CT molecular complexity index is 1070. The second kappa shape index (κ2) is 11.2. The molecule has 2 aromatic carbocycles. The molecule has 0 aliphatic heterocycles. The Morgan fingerprint density at radius 1 is 1.06 bits per heavy atom. The maximum Gasteiger partial charge on any atom is 0.407 e. The first-order valence-corrected chi connectivity index (χ1v) is 11.8. The van der Waals surface area contributed by atoms with Crippen LogP contribution in [0.25, 0.3) is 11.1 Å². The van der Waals surface area contributed by atoms with Gasteiger partial charge < -0.3 is 25.2 Å². The van der Waals surface area contributed by atoms with E-state index in [1.165, 1.54) is 7.11 Å². The van der Waals surface area contributed by atoms with Gasteiger partial charge in [0, 0.05) is 25.6 Å². The number of ether oxygens (including phenoxy) is 2. The van der Waals surface area contributed by atoms with Crippen molar-refractivity contribution in [2.75, 3.05) is 20.3 Å². The Kier molecular flexibility index (Phi) is 7.82. The molecule has 0 aromatic heterocycles. The molecule has 3 N–H and O–H groups in total. The lowest BCUT2D eigenvalue weighted by Crippen LogP contribution is -2.41. The summed E-state index contributed by atoms with van der Waals surface area (Å²) in [5.41, 5.74) is 4.58. The minimum atomic E-state index is -0.865. The molecule has 2 aliphatic rings. The lowest BCUT2D eigenvalue weighted by molar-refractivity contribution is -0.142. The molecular weight excluding hydrogens is 448 g/mol. The number of fused-ring (bicyclic) bond motifs is 3. The number of hydrogen-bond donors (Lipinski definition) is 3. The first-order valence-electron chi connectivity index (χ1n) is 11.8. The van der Waals surface area contributed by atoms with Crippen molar-refractivity contribution in [1.29, 1.82) is 0 Å². The van der Waals surface area contributed by atoms with E-state index in [4.69, 9.17) is 9.47 Å². The molecule has 0 fully saturated rings. The van der Waals surface area contributed by atoms with Gasteiger partial charge >= 0.3 is 12.1 Å². The van der Waals surface area contributed by atoms with Crippen LogP contribution in [0.5, 0.6) is 0 Å². The first kappa shape index (κ1) is 24.5. The number of carbonyl (C=O) groups is 3. The average Bonchev–Trinajstić information content (AvgIpc) is 3.19. The molecule has 0 spiro atoms. The van der Waals surface area contributed by atoms with E-state index in [0.717, 1.165) is 22.3 Å². The topological polar surface area (TPSA) is 114 Å². The number of carboxylic acid groups (broad SMARTS) is 1. The van der Waals surface area contributed by atoms with Crippen LogP contribution < -0.4 is 10.6 Å². The average molecular weight is 479 g/mol. The third-order valence-corrected chi connectivity index (χ3v) is 6.59. The molecule has 184 valence electrons. The van der Waals surface area contributed by atoms with Crippen LogP contribution in [0.4, 0.5) is 4.79 Å².